The molecular weight excluding hydrogens is 276 g/mol. The first-order valence-electron chi connectivity index (χ1n) is 6.06. The topological polar surface area (TPSA) is 52.6 Å². The first-order valence-corrected chi connectivity index (χ1v) is 7.88. The zero-order valence-electron chi connectivity index (χ0n) is 11.4. The third-order valence-electron chi connectivity index (χ3n) is 2.82. The molecule has 0 radical (unpaired) electrons. The number of rotatable bonds is 5. The van der Waals surface area contributed by atoms with Crippen molar-refractivity contribution in [1.82, 2.24) is 0 Å². The minimum atomic E-state index is -3.47. The molecule has 0 spiro atoms. The van der Waals surface area contributed by atoms with Crippen LogP contribution >= 0.6 is 0 Å². The highest BCUT2D eigenvalue weighted by molar-refractivity contribution is 7.85. The van der Waals surface area contributed by atoms with Crippen molar-refractivity contribution in [2.75, 3.05) is 13.4 Å². The number of hydrogen-bond donors (Lipinski definition) is 0. The largest absolute Gasteiger partial charge is 0.496 e. The van der Waals surface area contributed by atoms with Crippen LogP contribution in [0.4, 0.5) is 0 Å². The van der Waals surface area contributed by atoms with Crippen LogP contribution in [0, 0.1) is 0 Å². The standard InChI is InChI=1S/C15H16O4S/c1-18-15-10-13(12-6-4-3-5-7-12)8-9-14(15)11-19-20(2,16)17/h3-10H,11H2,1-2H3. The molecule has 0 heterocycles. The smallest absolute Gasteiger partial charge is 0.264 e. The highest BCUT2D eigenvalue weighted by atomic mass is 32.2. The van der Waals surface area contributed by atoms with Crippen molar-refractivity contribution in [2.24, 2.45) is 0 Å². The van der Waals surface area contributed by atoms with E-state index in [1.54, 1.807) is 7.11 Å². The molecule has 2 aromatic carbocycles. The van der Waals surface area contributed by atoms with Gasteiger partial charge < -0.3 is 4.74 Å². The van der Waals surface area contributed by atoms with E-state index in [1.807, 2.05) is 48.5 Å². The third kappa shape index (κ3) is 3.82. The van der Waals surface area contributed by atoms with E-state index in [9.17, 15) is 8.42 Å². The number of methoxy groups -OCH3 is 1. The highest BCUT2D eigenvalue weighted by Crippen LogP contribution is 2.27. The van der Waals surface area contributed by atoms with Crippen LogP contribution in [-0.2, 0) is 20.9 Å². The Labute approximate surface area is 119 Å². The van der Waals surface area contributed by atoms with Crippen LogP contribution in [0.1, 0.15) is 5.56 Å². The Morgan fingerprint density at radius 1 is 1.00 bits per heavy atom. The number of ether oxygens (including phenoxy) is 1. The summed E-state index contributed by atoms with van der Waals surface area (Å²) >= 11 is 0. The second-order valence-corrected chi connectivity index (χ2v) is 6.00. The first kappa shape index (κ1) is 14.6. The van der Waals surface area contributed by atoms with E-state index in [-0.39, 0.29) is 6.61 Å². The van der Waals surface area contributed by atoms with Crippen LogP contribution in [0.3, 0.4) is 0 Å². The molecule has 106 valence electrons. The van der Waals surface area contributed by atoms with Crippen molar-refractivity contribution in [3.8, 4) is 16.9 Å². The van der Waals surface area contributed by atoms with E-state index in [0.29, 0.717) is 11.3 Å². The van der Waals surface area contributed by atoms with Gasteiger partial charge >= 0.3 is 0 Å². The molecule has 2 rings (SSSR count). The maximum Gasteiger partial charge on any atom is 0.264 e. The normalized spacial score (nSPS) is 11.3. The van der Waals surface area contributed by atoms with Crippen LogP contribution in [-0.4, -0.2) is 21.8 Å². The Kier molecular flexibility index (Phi) is 4.42. The lowest BCUT2D eigenvalue weighted by Gasteiger charge is -2.10. The molecule has 2 aromatic rings. The van der Waals surface area contributed by atoms with Crippen LogP contribution in [0.25, 0.3) is 11.1 Å². The quantitative estimate of drug-likeness (QED) is 0.795. The molecule has 0 N–H and O–H groups in total. The van der Waals surface area contributed by atoms with Crippen LogP contribution in [0.5, 0.6) is 5.75 Å². The molecule has 0 bridgehead atoms. The van der Waals surface area contributed by atoms with Gasteiger partial charge in [0.15, 0.2) is 0 Å². The first-order chi connectivity index (χ1) is 9.49. The van der Waals surface area contributed by atoms with Crippen molar-refractivity contribution in [2.45, 2.75) is 6.61 Å². The minimum Gasteiger partial charge on any atom is -0.496 e. The molecule has 0 aliphatic carbocycles. The van der Waals surface area contributed by atoms with E-state index in [1.165, 1.54) is 0 Å². The fourth-order valence-electron chi connectivity index (χ4n) is 1.84. The summed E-state index contributed by atoms with van der Waals surface area (Å²) < 4.78 is 32.2. The summed E-state index contributed by atoms with van der Waals surface area (Å²) in [6, 6.07) is 15.5. The summed E-state index contributed by atoms with van der Waals surface area (Å²) in [6.45, 7) is -0.0307. The Balaban J connectivity index is 2.29. The van der Waals surface area contributed by atoms with Crippen molar-refractivity contribution in [3.63, 3.8) is 0 Å². The predicted octanol–water partition coefficient (Wildman–Crippen LogP) is 2.84. The fraction of sp³-hybridized carbons (Fsp3) is 0.200. The monoisotopic (exact) mass is 292 g/mol. The zero-order chi connectivity index (χ0) is 14.6. The SMILES string of the molecule is COc1cc(-c2ccccc2)ccc1COS(C)(=O)=O. The average Bonchev–Trinajstić information content (AvgIpc) is 2.45. The van der Waals surface area contributed by atoms with Crippen LogP contribution in [0.15, 0.2) is 48.5 Å². The second kappa shape index (κ2) is 6.07. The maximum atomic E-state index is 11.0. The molecule has 0 saturated heterocycles. The van der Waals surface area contributed by atoms with Crippen molar-refractivity contribution in [1.29, 1.82) is 0 Å². The average molecular weight is 292 g/mol. The van der Waals surface area contributed by atoms with Crippen LogP contribution < -0.4 is 4.74 Å². The Morgan fingerprint density at radius 3 is 2.30 bits per heavy atom. The van der Waals surface area contributed by atoms with E-state index in [0.717, 1.165) is 17.4 Å². The predicted molar refractivity (Wildman–Crippen MR) is 78.1 cm³/mol. The third-order valence-corrected chi connectivity index (χ3v) is 3.37. The van der Waals surface area contributed by atoms with Gasteiger partial charge in [-0.1, -0.05) is 42.5 Å². The van der Waals surface area contributed by atoms with Gasteiger partial charge in [0.05, 0.1) is 20.0 Å². The van der Waals surface area contributed by atoms with Gasteiger partial charge in [0.2, 0.25) is 0 Å². The van der Waals surface area contributed by atoms with Gasteiger partial charge in [-0.25, -0.2) is 0 Å². The molecule has 0 saturated carbocycles. The van der Waals surface area contributed by atoms with Crippen molar-refractivity contribution < 1.29 is 17.3 Å². The molecule has 0 atom stereocenters. The Hall–Kier alpha value is -1.85. The summed E-state index contributed by atoms with van der Waals surface area (Å²) in [5.41, 5.74) is 2.77. The Morgan fingerprint density at radius 2 is 1.70 bits per heavy atom. The van der Waals surface area contributed by atoms with Gasteiger partial charge in [0, 0.05) is 5.56 Å². The van der Waals surface area contributed by atoms with Crippen LogP contribution in [0.2, 0.25) is 0 Å². The van der Waals surface area contributed by atoms with Gasteiger partial charge in [-0.3, -0.25) is 4.18 Å². The maximum absolute atomic E-state index is 11.0. The van der Waals surface area contributed by atoms with E-state index >= 15 is 0 Å². The van der Waals surface area contributed by atoms with Gasteiger partial charge in [-0.15, -0.1) is 0 Å². The molecule has 5 heteroatoms. The van der Waals surface area contributed by atoms with Gasteiger partial charge in [0.1, 0.15) is 5.75 Å². The summed E-state index contributed by atoms with van der Waals surface area (Å²) in [7, 11) is -1.92. The molecule has 0 fully saturated rings. The highest BCUT2D eigenvalue weighted by Gasteiger charge is 2.09. The van der Waals surface area contributed by atoms with Crippen molar-refractivity contribution >= 4 is 10.1 Å². The summed E-state index contributed by atoms with van der Waals surface area (Å²) in [4.78, 5) is 0. The van der Waals surface area contributed by atoms with E-state index in [2.05, 4.69) is 0 Å². The molecule has 20 heavy (non-hydrogen) atoms. The summed E-state index contributed by atoms with van der Waals surface area (Å²) in [5.74, 6) is 0.606. The Bertz CT molecular complexity index is 678. The summed E-state index contributed by atoms with van der Waals surface area (Å²) in [5, 5.41) is 0. The van der Waals surface area contributed by atoms with E-state index < -0.39 is 10.1 Å². The molecular formula is C15H16O4S. The molecule has 0 amide bonds. The minimum absolute atomic E-state index is 0.0307. The summed E-state index contributed by atoms with van der Waals surface area (Å²) in [6.07, 6.45) is 1.03. The number of benzene rings is 2. The molecule has 0 unspecified atom stereocenters. The van der Waals surface area contributed by atoms with Gasteiger partial charge in [-0.2, -0.15) is 8.42 Å². The van der Waals surface area contributed by atoms with Gasteiger partial charge in [0.25, 0.3) is 10.1 Å². The molecule has 0 aromatic heterocycles. The fourth-order valence-corrected chi connectivity index (χ4v) is 2.19. The van der Waals surface area contributed by atoms with E-state index in [4.69, 9.17) is 8.92 Å². The molecule has 0 aliphatic heterocycles. The second-order valence-electron chi connectivity index (χ2n) is 4.36. The lowest BCUT2D eigenvalue weighted by Crippen LogP contribution is -2.04. The number of hydrogen-bond acceptors (Lipinski definition) is 4. The zero-order valence-corrected chi connectivity index (χ0v) is 12.2. The lowest BCUT2D eigenvalue weighted by molar-refractivity contribution is 0.302. The molecule has 4 nitrogen and oxygen atoms in total. The van der Waals surface area contributed by atoms with Crippen molar-refractivity contribution in [3.05, 3.63) is 54.1 Å². The molecule has 0 aliphatic rings. The van der Waals surface area contributed by atoms with Gasteiger partial charge in [-0.05, 0) is 17.2 Å². The lowest BCUT2D eigenvalue weighted by atomic mass is 10.0.